The normalized spacial score (nSPS) is 16.2. The molecule has 1 aromatic heterocycles. The number of hydrogen-bond acceptors (Lipinski definition) is 5. The number of aromatic nitrogens is 1. The largest absolute Gasteiger partial charge is 0.392 e. The van der Waals surface area contributed by atoms with Crippen molar-refractivity contribution >= 4 is 11.5 Å². The third-order valence-electron chi connectivity index (χ3n) is 4.11. The lowest BCUT2D eigenvalue weighted by Gasteiger charge is -2.27. The molecule has 0 atom stereocenters. The van der Waals surface area contributed by atoms with Crippen molar-refractivity contribution in [3.63, 3.8) is 0 Å². The Morgan fingerprint density at radius 1 is 1.40 bits per heavy atom. The summed E-state index contributed by atoms with van der Waals surface area (Å²) < 4.78 is 0. The first kappa shape index (κ1) is 15.1. The molecule has 0 unspecified atom stereocenters. The highest BCUT2D eigenvalue weighted by atomic mass is 16.3. The van der Waals surface area contributed by atoms with Crippen molar-refractivity contribution in [1.29, 1.82) is 0 Å². The molecule has 2 rings (SSSR count). The molecule has 5 nitrogen and oxygen atoms in total. The van der Waals surface area contributed by atoms with Crippen LogP contribution in [0, 0.1) is 6.92 Å². The third kappa shape index (κ3) is 3.22. The Labute approximate surface area is 121 Å². The highest BCUT2D eigenvalue weighted by Gasteiger charge is 2.18. The predicted molar refractivity (Wildman–Crippen MR) is 82.6 cm³/mol. The quantitative estimate of drug-likeness (QED) is 0.569. The van der Waals surface area contributed by atoms with Gasteiger partial charge in [-0.15, -0.1) is 0 Å². The summed E-state index contributed by atoms with van der Waals surface area (Å²) in [6.07, 6.45) is 8.01. The van der Waals surface area contributed by atoms with Crippen LogP contribution in [0.4, 0.5) is 11.5 Å². The lowest BCUT2D eigenvalue weighted by Crippen LogP contribution is -2.32. The van der Waals surface area contributed by atoms with Gasteiger partial charge < -0.3 is 10.4 Å². The lowest BCUT2D eigenvalue weighted by atomic mass is 9.95. The number of pyridine rings is 1. The molecule has 1 saturated carbocycles. The molecule has 0 aliphatic heterocycles. The third-order valence-corrected chi connectivity index (χ3v) is 4.11. The van der Waals surface area contributed by atoms with Gasteiger partial charge in [0.05, 0.1) is 6.61 Å². The van der Waals surface area contributed by atoms with Gasteiger partial charge in [-0.05, 0) is 26.7 Å². The van der Waals surface area contributed by atoms with E-state index in [1.54, 1.807) is 11.2 Å². The number of rotatable bonds is 5. The monoisotopic (exact) mass is 278 g/mol. The molecule has 1 heterocycles. The number of hydrogen-bond donors (Lipinski definition) is 3. The molecule has 0 radical (unpaired) electrons. The maximum atomic E-state index is 9.53. The first-order valence-corrected chi connectivity index (χ1v) is 7.55. The molecular weight excluding hydrogens is 252 g/mol. The van der Waals surface area contributed by atoms with Gasteiger partial charge in [0.15, 0.2) is 0 Å². The predicted octanol–water partition coefficient (Wildman–Crippen LogP) is 2.33. The van der Waals surface area contributed by atoms with Gasteiger partial charge in [-0.2, -0.15) is 0 Å². The molecule has 4 N–H and O–H groups in total. The molecule has 0 amide bonds. The maximum absolute atomic E-state index is 9.53. The van der Waals surface area contributed by atoms with Crippen molar-refractivity contribution in [2.75, 3.05) is 16.9 Å². The van der Waals surface area contributed by atoms with Crippen molar-refractivity contribution in [3.8, 4) is 0 Å². The number of aliphatic hydroxyl groups is 1. The average Bonchev–Trinajstić information content (AvgIpc) is 2.49. The Morgan fingerprint density at radius 2 is 2.10 bits per heavy atom. The molecule has 0 saturated heterocycles. The first-order valence-electron chi connectivity index (χ1n) is 7.55. The molecule has 1 aliphatic carbocycles. The maximum Gasteiger partial charge on any atom is 0.147 e. The molecule has 1 aliphatic rings. The Morgan fingerprint density at radius 3 is 2.70 bits per heavy atom. The zero-order valence-corrected chi connectivity index (χ0v) is 12.5. The van der Waals surface area contributed by atoms with E-state index in [0.717, 1.165) is 22.6 Å². The van der Waals surface area contributed by atoms with Crippen LogP contribution in [0.2, 0.25) is 0 Å². The number of aliphatic hydroxyl groups excluding tert-OH is 1. The van der Waals surface area contributed by atoms with Crippen LogP contribution in [0.15, 0.2) is 6.20 Å². The van der Waals surface area contributed by atoms with Crippen molar-refractivity contribution in [3.05, 3.63) is 17.3 Å². The van der Waals surface area contributed by atoms with Gasteiger partial charge in [-0.1, -0.05) is 19.3 Å². The molecule has 0 bridgehead atoms. The van der Waals surface area contributed by atoms with Crippen LogP contribution in [-0.4, -0.2) is 22.7 Å². The van der Waals surface area contributed by atoms with Crippen molar-refractivity contribution in [2.24, 2.45) is 5.84 Å². The van der Waals surface area contributed by atoms with Gasteiger partial charge in [-0.3, -0.25) is 5.01 Å². The number of nitrogens with two attached hydrogens (primary N) is 1. The van der Waals surface area contributed by atoms with E-state index in [9.17, 15) is 5.11 Å². The fourth-order valence-corrected chi connectivity index (χ4v) is 2.86. The Hall–Kier alpha value is -1.33. The highest BCUT2D eigenvalue weighted by Crippen LogP contribution is 2.30. The minimum absolute atomic E-state index is 0.000129. The van der Waals surface area contributed by atoms with E-state index in [0.29, 0.717) is 12.6 Å². The zero-order valence-electron chi connectivity index (χ0n) is 12.5. The number of nitrogens with one attached hydrogen (secondary N) is 1. The second-order valence-electron chi connectivity index (χ2n) is 5.53. The smallest absolute Gasteiger partial charge is 0.147 e. The summed E-state index contributed by atoms with van der Waals surface area (Å²) in [6.45, 7) is 4.71. The van der Waals surface area contributed by atoms with Gasteiger partial charge >= 0.3 is 0 Å². The standard InChI is InChI=1S/C15H26N4O/c1-3-19(16)15-11(2)14(12(10-20)9-17-15)18-13-7-5-4-6-8-13/h9,13,20H,3-8,10,16H2,1-2H3,(H,17,18). The summed E-state index contributed by atoms with van der Waals surface area (Å²) in [5, 5.41) is 14.8. The van der Waals surface area contributed by atoms with Gasteiger partial charge in [0.1, 0.15) is 5.82 Å². The van der Waals surface area contributed by atoms with E-state index >= 15 is 0 Å². The van der Waals surface area contributed by atoms with E-state index in [1.807, 2.05) is 13.8 Å². The number of nitrogens with zero attached hydrogens (tertiary/aromatic N) is 2. The summed E-state index contributed by atoms with van der Waals surface area (Å²) in [4.78, 5) is 4.37. The Kier molecular flexibility index (Phi) is 5.20. The summed E-state index contributed by atoms with van der Waals surface area (Å²) in [5.41, 5.74) is 2.88. The van der Waals surface area contributed by atoms with Crippen LogP contribution < -0.4 is 16.2 Å². The van der Waals surface area contributed by atoms with Crippen molar-refractivity contribution < 1.29 is 5.11 Å². The van der Waals surface area contributed by atoms with Gasteiger partial charge in [0.2, 0.25) is 0 Å². The van der Waals surface area contributed by atoms with E-state index in [-0.39, 0.29) is 6.61 Å². The molecule has 20 heavy (non-hydrogen) atoms. The highest BCUT2D eigenvalue weighted by molar-refractivity contribution is 5.65. The van der Waals surface area contributed by atoms with E-state index in [1.165, 1.54) is 32.1 Å². The summed E-state index contributed by atoms with van der Waals surface area (Å²) in [6, 6.07) is 0.496. The van der Waals surface area contributed by atoms with Crippen LogP contribution in [0.1, 0.15) is 50.2 Å². The number of hydrazine groups is 1. The van der Waals surface area contributed by atoms with E-state index < -0.39 is 0 Å². The molecule has 1 fully saturated rings. The SMILES string of the molecule is CCN(N)c1ncc(CO)c(NC2CCCCC2)c1C. The fraction of sp³-hybridized carbons (Fsp3) is 0.667. The minimum Gasteiger partial charge on any atom is -0.392 e. The van der Waals surface area contributed by atoms with Gasteiger partial charge in [-0.25, -0.2) is 10.8 Å². The first-order chi connectivity index (χ1) is 9.67. The summed E-state index contributed by atoms with van der Waals surface area (Å²) in [5.74, 6) is 6.75. The second-order valence-corrected chi connectivity index (χ2v) is 5.53. The van der Waals surface area contributed by atoms with Crippen molar-refractivity contribution in [1.82, 2.24) is 4.98 Å². The van der Waals surface area contributed by atoms with Crippen LogP contribution in [0.3, 0.4) is 0 Å². The molecule has 0 spiro atoms. The summed E-state index contributed by atoms with van der Waals surface area (Å²) >= 11 is 0. The average molecular weight is 278 g/mol. The molecule has 0 aromatic carbocycles. The molecule has 5 heteroatoms. The zero-order chi connectivity index (χ0) is 14.5. The van der Waals surface area contributed by atoms with Crippen LogP contribution in [0.5, 0.6) is 0 Å². The van der Waals surface area contributed by atoms with Crippen LogP contribution in [0.25, 0.3) is 0 Å². The topological polar surface area (TPSA) is 74.4 Å². The van der Waals surface area contributed by atoms with Crippen LogP contribution in [-0.2, 0) is 6.61 Å². The van der Waals surface area contributed by atoms with Gasteiger partial charge in [0, 0.05) is 35.6 Å². The molecule has 112 valence electrons. The van der Waals surface area contributed by atoms with Crippen LogP contribution >= 0.6 is 0 Å². The Balaban J connectivity index is 2.27. The van der Waals surface area contributed by atoms with E-state index in [2.05, 4.69) is 10.3 Å². The van der Waals surface area contributed by atoms with Gasteiger partial charge in [0.25, 0.3) is 0 Å². The molecular formula is C15H26N4O. The van der Waals surface area contributed by atoms with Crippen molar-refractivity contribution in [2.45, 2.75) is 58.6 Å². The summed E-state index contributed by atoms with van der Waals surface area (Å²) in [7, 11) is 0. The minimum atomic E-state index is -0.000129. The molecule has 1 aromatic rings. The second kappa shape index (κ2) is 6.90. The lowest BCUT2D eigenvalue weighted by molar-refractivity contribution is 0.281. The Bertz CT molecular complexity index is 444. The fourth-order valence-electron chi connectivity index (χ4n) is 2.86. The van der Waals surface area contributed by atoms with E-state index in [4.69, 9.17) is 5.84 Å². The number of anilines is 2.